The van der Waals surface area contributed by atoms with E-state index < -0.39 is 17.6 Å². The molecule has 0 saturated heterocycles. The molecule has 1 aliphatic rings. The van der Waals surface area contributed by atoms with Crippen molar-refractivity contribution < 1.29 is 23.2 Å². The van der Waals surface area contributed by atoms with Crippen molar-refractivity contribution >= 4 is 23.4 Å². The van der Waals surface area contributed by atoms with E-state index in [-0.39, 0.29) is 37.0 Å². The Morgan fingerprint density at radius 1 is 1.28 bits per heavy atom. The third-order valence-corrected chi connectivity index (χ3v) is 3.83. The van der Waals surface area contributed by atoms with E-state index in [2.05, 4.69) is 16.0 Å². The Morgan fingerprint density at radius 2 is 2.12 bits per heavy atom. The summed E-state index contributed by atoms with van der Waals surface area (Å²) in [6.07, 6.45) is 1.44. The van der Waals surface area contributed by atoms with E-state index in [1.165, 1.54) is 24.5 Å². The number of anilines is 1. The molecule has 2 aromatic rings. The lowest BCUT2D eigenvalue weighted by Gasteiger charge is -2.24. The van der Waals surface area contributed by atoms with E-state index in [1.54, 1.807) is 12.1 Å². The molecule has 1 unspecified atom stereocenters. The highest BCUT2D eigenvalue weighted by molar-refractivity contribution is 6.01. The zero-order valence-corrected chi connectivity index (χ0v) is 13.2. The number of amides is 3. The van der Waals surface area contributed by atoms with Gasteiger partial charge in [0.15, 0.2) is 0 Å². The molecule has 0 spiro atoms. The molecule has 1 atom stereocenters. The molecule has 0 radical (unpaired) electrons. The third kappa shape index (κ3) is 4.03. The van der Waals surface area contributed by atoms with Crippen LogP contribution >= 0.6 is 0 Å². The Hall–Kier alpha value is -3.16. The molecule has 7 nitrogen and oxygen atoms in total. The lowest BCUT2D eigenvalue weighted by molar-refractivity contribution is -0.128. The molecule has 3 rings (SSSR count). The first-order valence-corrected chi connectivity index (χ1v) is 7.69. The molecule has 0 fully saturated rings. The topological polar surface area (TPSA) is 100 Å². The van der Waals surface area contributed by atoms with Gasteiger partial charge in [0.05, 0.1) is 25.3 Å². The first-order chi connectivity index (χ1) is 12.0. The van der Waals surface area contributed by atoms with Crippen LogP contribution in [0.5, 0.6) is 0 Å². The van der Waals surface area contributed by atoms with Crippen molar-refractivity contribution in [3.05, 3.63) is 53.7 Å². The van der Waals surface area contributed by atoms with Gasteiger partial charge in [-0.25, -0.2) is 4.39 Å². The van der Waals surface area contributed by atoms with Gasteiger partial charge in [0, 0.05) is 12.1 Å². The Balaban J connectivity index is 1.58. The van der Waals surface area contributed by atoms with E-state index in [4.69, 9.17) is 4.42 Å². The first kappa shape index (κ1) is 16.7. The predicted octanol–water partition coefficient (Wildman–Crippen LogP) is 1.28. The average molecular weight is 345 g/mol. The van der Waals surface area contributed by atoms with Gasteiger partial charge in [-0.3, -0.25) is 14.4 Å². The molecule has 0 saturated carbocycles. The summed E-state index contributed by atoms with van der Waals surface area (Å²) in [7, 11) is 0. The number of nitrogens with one attached hydrogen (secondary N) is 3. The molecule has 1 aromatic carbocycles. The highest BCUT2D eigenvalue weighted by atomic mass is 19.1. The Morgan fingerprint density at radius 3 is 2.88 bits per heavy atom. The summed E-state index contributed by atoms with van der Waals surface area (Å²) < 4.78 is 18.4. The van der Waals surface area contributed by atoms with Gasteiger partial charge in [-0.1, -0.05) is 6.07 Å². The van der Waals surface area contributed by atoms with E-state index in [9.17, 15) is 18.8 Å². The fourth-order valence-electron chi connectivity index (χ4n) is 2.62. The number of fused-ring (bicyclic) bond motifs is 1. The van der Waals surface area contributed by atoms with Crippen molar-refractivity contribution in [3.8, 4) is 0 Å². The zero-order valence-electron chi connectivity index (χ0n) is 13.2. The number of carbonyl (C=O) groups is 3. The number of furan rings is 1. The molecule has 130 valence electrons. The summed E-state index contributed by atoms with van der Waals surface area (Å²) in [6.45, 7) is -0.0101. The van der Waals surface area contributed by atoms with E-state index in [1.807, 2.05) is 0 Å². The average Bonchev–Trinajstić information content (AvgIpc) is 3.10. The number of hydrogen-bond acceptors (Lipinski definition) is 4. The second-order valence-corrected chi connectivity index (χ2v) is 5.61. The predicted molar refractivity (Wildman–Crippen MR) is 86.0 cm³/mol. The van der Waals surface area contributed by atoms with Gasteiger partial charge in [0.25, 0.3) is 0 Å². The molecule has 25 heavy (non-hydrogen) atoms. The lowest BCUT2D eigenvalue weighted by atomic mass is 9.89. The maximum atomic E-state index is 13.3. The monoisotopic (exact) mass is 345 g/mol. The van der Waals surface area contributed by atoms with Crippen LogP contribution in [-0.4, -0.2) is 24.3 Å². The van der Waals surface area contributed by atoms with Gasteiger partial charge in [0.2, 0.25) is 17.7 Å². The minimum Gasteiger partial charge on any atom is -0.467 e. The summed E-state index contributed by atoms with van der Waals surface area (Å²) >= 11 is 0. The SMILES string of the molecule is O=C(CNC(=O)C1CC(=O)Nc2cc(F)ccc21)NCc1ccco1. The summed E-state index contributed by atoms with van der Waals surface area (Å²) in [5.41, 5.74) is 0.799. The quantitative estimate of drug-likeness (QED) is 0.760. The Bertz CT molecular complexity index is 804. The summed E-state index contributed by atoms with van der Waals surface area (Å²) in [6, 6.07) is 7.29. The molecular formula is C17H16FN3O4. The number of rotatable bonds is 5. The van der Waals surface area contributed by atoms with E-state index in [0.717, 1.165) is 0 Å². The van der Waals surface area contributed by atoms with Crippen LogP contribution in [0, 0.1) is 5.82 Å². The number of halogens is 1. The lowest BCUT2D eigenvalue weighted by Crippen LogP contribution is -2.40. The van der Waals surface area contributed by atoms with Crippen LogP contribution < -0.4 is 16.0 Å². The Labute approximate surface area is 142 Å². The molecule has 3 amide bonds. The fourth-order valence-corrected chi connectivity index (χ4v) is 2.62. The van der Waals surface area contributed by atoms with Gasteiger partial charge < -0.3 is 20.4 Å². The van der Waals surface area contributed by atoms with Gasteiger partial charge in [-0.15, -0.1) is 0 Å². The molecular weight excluding hydrogens is 329 g/mol. The van der Waals surface area contributed by atoms with Crippen LogP contribution in [0.3, 0.4) is 0 Å². The van der Waals surface area contributed by atoms with Crippen molar-refractivity contribution in [3.63, 3.8) is 0 Å². The highest BCUT2D eigenvalue weighted by Crippen LogP contribution is 2.32. The standard InChI is InChI=1S/C17H16FN3O4/c18-10-3-4-12-13(7-15(22)21-14(12)6-10)17(24)20-9-16(23)19-8-11-2-1-5-25-11/h1-6,13H,7-9H2,(H,19,23)(H,20,24)(H,21,22). The van der Waals surface area contributed by atoms with Gasteiger partial charge in [0.1, 0.15) is 11.6 Å². The number of carbonyl (C=O) groups excluding carboxylic acids is 3. The van der Waals surface area contributed by atoms with Crippen LogP contribution in [0.1, 0.15) is 23.7 Å². The maximum absolute atomic E-state index is 13.3. The van der Waals surface area contributed by atoms with Crippen molar-refractivity contribution in [2.75, 3.05) is 11.9 Å². The number of benzene rings is 1. The van der Waals surface area contributed by atoms with Crippen molar-refractivity contribution in [2.45, 2.75) is 18.9 Å². The summed E-state index contributed by atoms with van der Waals surface area (Å²) in [5, 5.41) is 7.64. The molecule has 3 N–H and O–H groups in total. The van der Waals surface area contributed by atoms with Crippen molar-refractivity contribution in [1.82, 2.24) is 10.6 Å². The van der Waals surface area contributed by atoms with E-state index in [0.29, 0.717) is 11.3 Å². The second kappa shape index (κ2) is 7.16. The second-order valence-electron chi connectivity index (χ2n) is 5.61. The molecule has 0 aliphatic carbocycles. The minimum atomic E-state index is -0.762. The van der Waals surface area contributed by atoms with Crippen LogP contribution in [0.15, 0.2) is 41.0 Å². The van der Waals surface area contributed by atoms with Crippen LogP contribution in [0.4, 0.5) is 10.1 Å². The maximum Gasteiger partial charge on any atom is 0.239 e. The molecule has 8 heteroatoms. The van der Waals surface area contributed by atoms with Gasteiger partial charge >= 0.3 is 0 Å². The number of hydrogen-bond donors (Lipinski definition) is 3. The molecule has 1 aromatic heterocycles. The summed E-state index contributed by atoms with van der Waals surface area (Å²) in [5.74, 6) is -1.89. The smallest absolute Gasteiger partial charge is 0.239 e. The highest BCUT2D eigenvalue weighted by Gasteiger charge is 2.31. The normalized spacial score (nSPS) is 15.9. The van der Waals surface area contributed by atoms with Crippen LogP contribution in [0.25, 0.3) is 0 Å². The van der Waals surface area contributed by atoms with Gasteiger partial charge in [-0.05, 0) is 29.8 Å². The summed E-state index contributed by atoms with van der Waals surface area (Å²) in [4.78, 5) is 35.8. The Kier molecular flexibility index (Phi) is 4.78. The molecule has 0 bridgehead atoms. The van der Waals surface area contributed by atoms with Crippen molar-refractivity contribution in [1.29, 1.82) is 0 Å². The minimum absolute atomic E-state index is 0.0571. The molecule has 1 aliphatic heterocycles. The van der Waals surface area contributed by atoms with Gasteiger partial charge in [-0.2, -0.15) is 0 Å². The largest absolute Gasteiger partial charge is 0.467 e. The van der Waals surface area contributed by atoms with Crippen LogP contribution in [-0.2, 0) is 20.9 Å². The van der Waals surface area contributed by atoms with Crippen molar-refractivity contribution in [2.24, 2.45) is 0 Å². The van der Waals surface area contributed by atoms with E-state index >= 15 is 0 Å². The molecule has 2 heterocycles. The fraction of sp³-hybridized carbons (Fsp3) is 0.235. The van der Waals surface area contributed by atoms with Crippen LogP contribution in [0.2, 0.25) is 0 Å². The zero-order chi connectivity index (χ0) is 17.8. The third-order valence-electron chi connectivity index (χ3n) is 3.83. The first-order valence-electron chi connectivity index (χ1n) is 7.69.